The summed E-state index contributed by atoms with van der Waals surface area (Å²) in [6.07, 6.45) is 2.27. The van der Waals surface area contributed by atoms with Crippen molar-refractivity contribution in [3.8, 4) is 0 Å². The van der Waals surface area contributed by atoms with Gasteiger partial charge in [0.15, 0.2) is 16.4 Å². The molecule has 140 valence electrons. The Morgan fingerprint density at radius 1 is 1.31 bits per heavy atom. The minimum Gasteiger partial charge on any atom is -0.455 e. The summed E-state index contributed by atoms with van der Waals surface area (Å²) in [6.45, 7) is 1.81. The first-order chi connectivity index (χ1) is 12.4. The van der Waals surface area contributed by atoms with Crippen molar-refractivity contribution < 1.29 is 22.7 Å². The Balaban J connectivity index is 1.55. The fourth-order valence-corrected chi connectivity index (χ4v) is 5.10. The summed E-state index contributed by atoms with van der Waals surface area (Å²) in [5.74, 6) is -0.766. The van der Waals surface area contributed by atoms with Crippen LogP contribution in [0, 0.1) is 0 Å². The number of hydrogen-bond donors (Lipinski definition) is 1. The number of H-pyrrole nitrogens is 1. The predicted molar refractivity (Wildman–Crippen MR) is 97.4 cm³/mol. The van der Waals surface area contributed by atoms with Crippen LogP contribution in [0.1, 0.15) is 18.9 Å². The molecule has 1 unspecified atom stereocenters. The third-order valence-electron chi connectivity index (χ3n) is 4.68. The van der Waals surface area contributed by atoms with Crippen LogP contribution in [0.2, 0.25) is 0 Å². The average Bonchev–Trinajstić information content (AvgIpc) is 3.17. The molecule has 1 amide bonds. The molecule has 26 heavy (non-hydrogen) atoms. The second-order valence-corrected chi connectivity index (χ2v) is 8.66. The molecule has 1 aliphatic rings. The number of aromatic amines is 1. The van der Waals surface area contributed by atoms with E-state index < -0.39 is 15.8 Å². The molecule has 1 N–H and O–H groups in total. The number of ether oxygens (including phenoxy) is 1. The zero-order chi connectivity index (χ0) is 18.7. The number of carbonyl (C=O) groups excluding carboxylic acids is 2. The van der Waals surface area contributed by atoms with Gasteiger partial charge in [-0.05, 0) is 25.0 Å². The van der Waals surface area contributed by atoms with Crippen LogP contribution in [-0.4, -0.2) is 60.9 Å². The highest BCUT2D eigenvalue weighted by Crippen LogP contribution is 2.19. The van der Waals surface area contributed by atoms with Gasteiger partial charge in [0.05, 0.1) is 17.9 Å². The molecular formula is C18H22N2O5S. The second kappa shape index (κ2) is 7.49. The van der Waals surface area contributed by atoms with Gasteiger partial charge in [0.1, 0.15) is 0 Å². The summed E-state index contributed by atoms with van der Waals surface area (Å²) in [6, 6.07) is 7.30. The third-order valence-corrected chi connectivity index (χ3v) is 6.43. The monoisotopic (exact) mass is 378 g/mol. The number of likely N-dealkylation sites (N-methyl/N-ethyl adjacent to an activating group) is 1. The van der Waals surface area contributed by atoms with Gasteiger partial charge in [-0.1, -0.05) is 18.2 Å². The molecule has 1 fully saturated rings. The number of para-hydroxylation sites is 1. The van der Waals surface area contributed by atoms with Crippen molar-refractivity contribution in [1.29, 1.82) is 0 Å². The molecule has 0 radical (unpaired) electrons. The minimum atomic E-state index is -3.08. The van der Waals surface area contributed by atoms with Gasteiger partial charge >= 0.3 is 5.97 Å². The van der Waals surface area contributed by atoms with Crippen molar-refractivity contribution in [2.45, 2.75) is 25.8 Å². The van der Waals surface area contributed by atoms with Crippen LogP contribution in [0.15, 0.2) is 30.5 Å². The van der Waals surface area contributed by atoms with Crippen molar-refractivity contribution in [3.63, 3.8) is 0 Å². The molecule has 3 rings (SSSR count). The van der Waals surface area contributed by atoms with E-state index in [2.05, 4.69) is 4.98 Å². The number of hydrogen-bond acceptors (Lipinski definition) is 5. The van der Waals surface area contributed by atoms with Crippen molar-refractivity contribution in [2.24, 2.45) is 0 Å². The van der Waals surface area contributed by atoms with E-state index in [-0.39, 0.29) is 36.5 Å². The first kappa shape index (κ1) is 18.4. The van der Waals surface area contributed by atoms with Crippen molar-refractivity contribution >= 4 is 32.6 Å². The van der Waals surface area contributed by atoms with E-state index in [0.29, 0.717) is 13.0 Å². The van der Waals surface area contributed by atoms with Crippen LogP contribution in [0.4, 0.5) is 0 Å². The van der Waals surface area contributed by atoms with E-state index in [4.69, 9.17) is 4.74 Å². The lowest BCUT2D eigenvalue weighted by molar-refractivity contribution is -0.152. The Kier molecular flexibility index (Phi) is 5.31. The molecule has 0 aliphatic carbocycles. The van der Waals surface area contributed by atoms with Crippen LogP contribution in [-0.2, 0) is 30.6 Å². The molecule has 0 spiro atoms. The largest absolute Gasteiger partial charge is 0.455 e. The summed E-state index contributed by atoms with van der Waals surface area (Å²) in [5.41, 5.74) is 1.75. The number of aromatic nitrogens is 1. The number of rotatable bonds is 6. The number of carbonyl (C=O) groups is 2. The Morgan fingerprint density at radius 2 is 2.08 bits per heavy atom. The molecule has 0 bridgehead atoms. The summed E-state index contributed by atoms with van der Waals surface area (Å²) < 4.78 is 28.3. The molecule has 1 aromatic carbocycles. The molecule has 7 nitrogen and oxygen atoms in total. The van der Waals surface area contributed by atoms with Gasteiger partial charge < -0.3 is 14.6 Å². The molecule has 2 aromatic rings. The van der Waals surface area contributed by atoms with Crippen LogP contribution < -0.4 is 0 Å². The first-order valence-corrected chi connectivity index (χ1v) is 10.4. The first-order valence-electron chi connectivity index (χ1n) is 8.60. The second-order valence-electron chi connectivity index (χ2n) is 6.43. The van der Waals surface area contributed by atoms with Crippen molar-refractivity contribution in [3.05, 3.63) is 36.0 Å². The van der Waals surface area contributed by atoms with Gasteiger partial charge in [-0.3, -0.25) is 9.59 Å². The SMILES string of the molecule is CCN(C(=O)COC(=O)Cc1c[nH]c2ccccc12)C1CCS(=O)(=O)C1. The van der Waals surface area contributed by atoms with Gasteiger partial charge in [0.25, 0.3) is 5.91 Å². The highest BCUT2D eigenvalue weighted by atomic mass is 32.2. The smallest absolute Gasteiger partial charge is 0.310 e. The lowest BCUT2D eigenvalue weighted by Crippen LogP contribution is -2.43. The number of esters is 1. The Morgan fingerprint density at radius 3 is 2.77 bits per heavy atom. The topological polar surface area (TPSA) is 96.5 Å². The van der Waals surface area contributed by atoms with Crippen LogP contribution in [0.25, 0.3) is 10.9 Å². The van der Waals surface area contributed by atoms with Crippen LogP contribution in [0.3, 0.4) is 0 Å². The predicted octanol–water partition coefficient (Wildman–Crippen LogP) is 1.29. The molecule has 1 saturated heterocycles. The Bertz CT molecular complexity index is 919. The lowest BCUT2D eigenvalue weighted by Gasteiger charge is -2.26. The van der Waals surface area contributed by atoms with Crippen molar-refractivity contribution in [1.82, 2.24) is 9.88 Å². The quantitative estimate of drug-likeness (QED) is 0.764. The number of sulfone groups is 1. The standard InChI is InChI=1S/C18H22N2O5S/c1-2-20(14-7-8-26(23,24)12-14)17(21)11-25-18(22)9-13-10-19-16-6-4-3-5-15(13)16/h3-6,10,14,19H,2,7-9,11-12H2,1H3. The molecule has 8 heteroatoms. The zero-order valence-electron chi connectivity index (χ0n) is 14.6. The van der Waals surface area contributed by atoms with Crippen LogP contribution in [0.5, 0.6) is 0 Å². The number of nitrogens with one attached hydrogen (secondary N) is 1. The Hall–Kier alpha value is -2.35. The molecule has 1 aliphatic heterocycles. The highest BCUT2D eigenvalue weighted by Gasteiger charge is 2.34. The third kappa shape index (κ3) is 4.07. The van der Waals surface area contributed by atoms with E-state index in [1.54, 1.807) is 13.1 Å². The Labute approximate surface area is 152 Å². The minimum absolute atomic E-state index is 0.0180. The number of amides is 1. The summed E-state index contributed by atoms with van der Waals surface area (Å²) >= 11 is 0. The van der Waals surface area contributed by atoms with E-state index in [1.165, 1.54) is 4.90 Å². The number of fused-ring (bicyclic) bond motifs is 1. The van der Waals surface area contributed by atoms with Gasteiger partial charge in [-0.25, -0.2) is 8.42 Å². The fraction of sp³-hybridized carbons (Fsp3) is 0.444. The summed E-state index contributed by atoms with van der Waals surface area (Å²) in [4.78, 5) is 29.0. The number of nitrogens with zero attached hydrogens (tertiary/aromatic N) is 1. The van der Waals surface area contributed by atoms with Gasteiger partial charge in [-0.15, -0.1) is 0 Å². The van der Waals surface area contributed by atoms with Crippen LogP contribution >= 0.6 is 0 Å². The summed E-state index contributed by atoms with van der Waals surface area (Å²) in [7, 11) is -3.08. The average molecular weight is 378 g/mol. The van der Waals surface area contributed by atoms with E-state index in [1.807, 2.05) is 24.3 Å². The summed E-state index contributed by atoms with van der Waals surface area (Å²) in [5, 5.41) is 0.946. The van der Waals surface area contributed by atoms with E-state index in [0.717, 1.165) is 16.5 Å². The highest BCUT2D eigenvalue weighted by molar-refractivity contribution is 7.91. The maximum absolute atomic E-state index is 12.3. The zero-order valence-corrected chi connectivity index (χ0v) is 15.4. The number of benzene rings is 1. The van der Waals surface area contributed by atoms with Gasteiger partial charge in [0, 0.05) is 29.7 Å². The lowest BCUT2D eigenvalue weighted by atomic mass is 10.1. The van der Waals surface area contributed by atoms with E-state index in [9.17, 15) is 18.0 Å². The molecular weight excluding hydrogens is 356 g/mol. The maximum atomic E-state index is 12.3. The van der Waals surface area contributed by atoms with E-state index >= 15 is 0 Å². The molecule has 1 aromatic heterocycles. The van der Waals surface area contributed by atoms with Crippen molar-refractivity contribution in [2.75, 3.05) is 24.7 Å². The molecule has 0 saturated carbocycles. The van der Waals surface area contributed by atoms with Gasteiger partial charge in [0.2, 0.25) is 0 Å². The van der Waals surface area contributed by atoms with Gasteiger partial charge in [-0.2, -0.15) is 0 Å². The molecule has 1 atom stereocenters. The maximum Gasteiger partial charge on any atom is 0.310 e. The molecule has 2 heterocycles. The fourth-order valence-electron chi connectivity index (χ4n) is 3.37. The normalized spacial score (nSPS) is 18.7.